The van der Waals surface area contributed by atoms with Crippen LogP contribution in [0.3, 0.4) is 0 Å². The number of anilines is 3. The van der Waals surface area contributed by atoms with Crippen LogP contribution in [0, 0.1) is 6.92 Å². The van der Waals surface area contributed by atoms with Crippen molar-refractivity contribution >= 4 is 17.5 Å². The molecule has 1 atom stereocenters. The monoisotopic (exact) mass is 300 g/mol. The van der Waals surface area contributed by atoms with Crippen LogP contribution in [0.2, 0.25) is 0 Å². The minimum Gasteiger partial charge on any atom is -0.384 e. The van der Waals surface area contributed by atoms with Crippen LogP contribution in [-0.2, 0) is 4.74 Å². The van der Waals surface area contributed by atoms with Gasteiger partial charge in [-0.05, 0) is 26.0 Å². The summed E-state index contributed by atoms with van der Waals surface area (Å²) < 4.78 is 5.47. The molecule has 0 amide bonds. The van der Waals surface area contributed by atoms with E-state index >= 15 is 0 Å². The Morgan fingerprint density at radius 1 is 1.14 bits per heavy atom. The Kier molecular flexibility index (Phi) is 3.81. The summed E-state index contributed by atoms with van der Waals surface area (Å²) in [6.45, 7) is 6.14. The SMILES string of the molecule is Cc1cc(-c2nc(N)cc(N3CCOC[C@H]3C)n2)cc(N)n1. The number of ether oxygens (including phenoxy) is 1. The highest BCUT2D eigenvalue weighted by Crippen LogP contribution is 2.25. The Morgan fingerprint density at radius 2 is 1.91 bits per heavy atom. The zero-order valence-electron chi connectivity index (χ0n) is 12.8. The summed E-state index contributed by atoms with van der Waals surface area (Å²) >= 11 is 0. The number of nitrogen functional groups attached to an aromatic ring is 2. The molecule has 1 saturated heterocycles. The lowest BCUT2D eigenvalue weighted by Crippen LogP contribution is -2.44. The number of aromatic nitrogens is 3. The lowest BCUT2D eigenvalue weighted by molar-refractivity contribution is 0.0985. The molecule has 0 bridgehead atoms. The van der Waals surface area contributed by atoms with Gasteiger partial charge in [0, 0.05) is 23.9 Å². The van der Waals surface area contributed by atoms with Crippen LogP contribution in [0.15, 0.2) is 18.2 Å². The van der Waals surface area contributed by atoms with Crippen molar-refractivity contribution < 1.29 is 4.74 Å². The number of aryl methyl sites for hydroxylation is 1. The first-order valence-electron chi connectivity index (χ1n) is 7.26. The van der Waals surface area contributed by atoms with Gasteiger partial charge in [-0.15, -0.1) is 0 Å². The van der Waals surface area contributed by atoms with E-state index in [0.717, 1.165) is 23.6 Å². The molecule has 0 spiro atoms. The van der Waals surface area contributed by atoms with Gasteiger partial charge in [-0.2, -0.15) is 0 Å². The third-order valence-corrected chi connectivity index (χ3v) is 3.63. The average Bonchev–Trinajstić information content (AvgIpc) is 2.46. The van der Waals surface area contributed by atoms with Gasteiger partial charge in [-0.25, -0.2) is 15.0 Å². The van der Waals surface area contributed by atoms with Crippen molar-refractivity contribution in [1.82, 2.24) is 15.0 Å². The Balaban J connectivity index is 2.02. The molecule has 7 heteroatoms. The van der Waals surface area contributed by atoms with E-state index in [1.807, 2.05) is 13.0 Å². The van der Waals surface area contributed by atoms with Crippen LogP contribution in [0.5, 0.6) is 0 Å². The molecule has 2 aromatic heterocycles. The van der Waals surface area contributed by atoms with Gasteiger partial charge in [0.05, 0.1) is 19.3 Å². The molecule has 0 saturated carbocycles. The van der Waals surface area contributed by atoms with E-state index < -0.39 is 0 Å². The zero-order chi connectivity index (χ0) is 15.7. The smallest absolute Gasteiger partial charge is 0.164 e. The molecule has 1 fully saturated rings. The summed E-state index contributed by atoms with van der Waals surface area (Å²) in [5.74, 6) is 2.26. The van der Waals surface area contributed by atoms with E-state index in [2.05, 4.69) is 26.8 Å². The highest BCUT2D eigenvalue weighted by Gasteiger charge is 2.21. The van der Waals surface area contributed by atoms with E-state index in [-0.39, 0.29) is 6.04 Å². The minimum atomic E-state index is 0.250. The summed E-state index contributed by atoms with van der Waals surface area (Å²) in [7, 11) is 0. The quantitative estimate of drug-likeness (QED) is 0.859. The molecule has 3 rings (SSSR count). The second kappa shape index (κ2) is 5.76. The van der Waals surface area contributed by atoms with Crippen LogP contribution in [-0.4, -0.2) is 40.8 Å². The van der Waals surface area contributed by atoms with Crippen molar-refractivity contribution in [2.75, 3.05) is 36.1 Å². The van der Waals surface area contributed by atoms with Crippen LogP contribution in [0.25, 0.3) is 11.4 Å². The van der Waals surface area contributed by atoms with E-state index in [1.54, 1.807) is 12.1 Å². The van der Waals surface area contributed by atoms with Crippen molar-refractivity contribution in [3.63, 3.8) is 0 Å². The van der Waals surface area contributed by atoms with E-state index in [4.69, 9.17) is 16.2 Å². The standard InChI is InChI=1S/C15H20N6O/c1-9-5-11(6-12(16)18-9)15-19-13(17)7-14(20-15)21-3-4-22-8-10(21)2/h5-7,10H,3-4,8H2,1-2H3,(H2,16,18)(H2,17,19,20)/t10-/m1/s1. The second-order valence-electron chi connectivity index (χ2n) is 5.51. The number of nitrogens with zero attached hydrogens (tertiary/aromatic N) is 4. The molecule has 1 aliphatic rings. The van der Waals surface area contributed by atoms with Gasteiger partial charge in [-0.3, -0.25) is 0 Å². The van der Waals surface area contributed by atoms with Gasteiger partial charge in [0.25, 0.3) is 0 Å². The van der Waals surface area contributed by atoms with Gasteiger partial charge < -0.3 is 21.1 Å². The first-order chi connectivity index (χ1) is 10.5. The topological polar surface area (TPSA) is 103 Å². The predicted octanol–water partition coefficient (Wildman–Crippen LogP) is 1.24. The third-order valence-electron chi connectivity index (χ3n) is 3.63. The molecule has 1 aliphatic heterocycles. The summed E-state index contributed by atoms with van der Waals surface area (Å²) in [6, 6.07) is 5.70. The molecule has 2 aromatic rings. The zero-order valence-corrected chi connectivity index (χ0v) is 12.8. The van der Waals surface area contributed by atoms with Gasteiger partial charge >= 0.3 is 0 Å². The van der Waals surface area contributed by atoms with Gasteiger partial charge in [0.2, 0.25) is 0 Å². The van der Waals surface area contributed by atoms with Crippen molar-refractivity contribution in [1.29, 1.82) is 0 Å². The van der Waals surface area contributed by atoms with Crippen LogP contribution < -0.4 is 16.4 Å². The maximum Gasteiger partial charge on any atom is 0.164 e. The van der Waals surface area contributed by atoms with Crippen LogP contribution in [0.1, 0.15) is 12.6 Å². The molecular weight excluding hydrogens is 280 g/mol. The van der Waals surface area contributed by atoms with Crippen molar-refractivity contribution in [2.24, 2.45) is 0 Å². The normalized spacial score (nSPS) is 18.5. The van der Waals surface area contributed by atoms with Gasteiger partial charge in [-0.1, -0.05) is 0 Å². The van der Waals surface area contributed by atoms with Gasteiger partial charge in [0.1, 0.15) is 17.5 Å². The Bertz CT molecular complexity index is 669. The van der Waals surface area contributed by atoms with E-state index in [0.29, 0.717) is 30.7 Å². The van der Waals surface area contributed by atoms with Crippen LogP contribution >= 0.6 is 0 Å². The third kappa shape index (κ3) is 2.94. The highest BCUT2D eigenvalue weighted by molar-refractivity contribution is 5.64. The van der Waals surface area contributed by atoms with Gasteiger partial charge in [0.15, 0.2) is 5.82 Å². The average molecular weight is 300 g/mol. The lowest BCUT2D eigenvalue weighted by atomic mass is 10.2. The molecule has 0 unspecified atom stereocenters. The molecule has 116 valence electrons. The summed E-state index contributed by atoms with van der Waals surface area (Å²) in [5.41, 5.74) is 13.4. The minimum absolute atomic E-state index is 0.250. The highest BCUT2D eigenvalue weighted by atomic mass is 16.5. The number of hydrogen-bond donors (Lipinski definition) is 2. The molecule has 0 aromatic carbocycles. The fraction of sp³-hybridized carbons (Fsp3) is 0.400. The molecule has 3 heterocycles. The lowest BCUT2D eigenvalue weighted by Gasteiger charge is -2.34. The number of nitrogens with two attached hydrogens (primary N) is 2. The van der Waals surface area contributed by atoms with Crippen molar-refractivity contribution in [3.05, 3.63) is 23.9 Å². The predicted molar refractivity (Wildman–Crippen MR) is 86.5 cm³/mol. The molecule has 7 nitrogen and oxygen atoms in total. The molecule has 4 N–H and O–H groups in total. The number of hydrogen-bond acceptors (Lipinski definition) is 7. The molecule has 0 radical (unpaired) electrons. The van der Waals surface area contributed by atoms with E-state index in [9.17, 15) is 0 Å². The summed E-state index contributed by atoms with van der Waals surface area (Å²) in [6.07, 6.45) is 0. The number of rotatable bonds is 2. The maximum absolute atomic E-state index is 5.97. The van der Waals surface area contributed by atoms with Crippen LogP contribution in [0.4, 0.5) is 17.5 Å². The second-order valence-corrected chi connectivity index (χ2v) is 5.51. The Labute approximate surface area is 129 Å². The largest absolute Gasteiger partial charge is 0.384 e. The van der Waals surface area contributed by atoms with Crippen molar-refractivity contribution in [3.8, 4) is 11.4 Å². The van der Waals surface area contributed by atoms with E-state index in [1.165, 1.54) is 0 Å². The molecule has 0 aliphatic carbocycles. The summed E-state index contributed by atoms with van der Waals surface area (Å²) in [5, 5.41) is 0. The number of pyridine rings is 1. The molecule has 22 heavy (non-hydrogen) atoms. The van der Waals surface area contributed by atoms with Crippen molar-refractivity contribution in [2.45, 2.75) is 19.9 Å². The first kappa shape index (κ1) is 14.5. The fourth-order valence-electron chi connectivity index (χ4n) is 2.62. The number of morpholine rings is 1. The first-order valence-corrected chi connectivity index (χ1v) is 7.26. The fourth-order valence-corrected chi connectivity index (χ4v) is 2.62. The summed E-state index contributed by atoms with van der Waals surface area (Å²) in [4.78, 5) is 15.3. The Morgan fingerprint density at radius 3 is 2.64 bits per heavy atom. The Hall–Kier alpha value is -2.41. The maximum atomic E-state index is 5.97. The molecular formula is C15H20N6O.